The Kier molecular flexibility index (Phi) is 8.66. The van der Waals surface area contributed by atoms with E-state index >= 15 is 0 Å². The Morgan fingerprint density at radius 1 is 1.24 bits per heavy atom. The molecule has 0 aliphatic carbocycles. The Morgan fingerprint density at radius 2 is 2.03 bits per heavy atom. The van der Waals surface area contributed by atoms with E-state index in [9.17, 15) is 9.59 Å². The average molecular weight is 423 g/mol. The van der Waals surface area contributed by atoms with Gasteiger partial charge in [0.1, 0.15) is 6.04 Å². The number of benzene rings is 1. The summed E-state index contributed by atoms with van der Waals surface area (Å²) in [7, 11) is 4.46. The Bertz CT molecular complexity index is 827. The largest absolute Gasteiger partial charge is 0.493 e. The van der Waals surface area contributed by atoms with E-state index < -0.39 is 18.0 Å². The Hall–Kier alpha value is -2.88. The summed E-state index contributed by atoms with van der Waals surface area (Å²) in [6, 6.07) is 4.39. The van der Waals surface area contributed by atoms with E-state index in [2.05, 4.69) is 15.7 Å². The molecule has 1 aromatic heterocycles. The number of ether oxygens (including phenoxy) is 3. The van der Waals surface area contributed by atoms with Crippen molar-refractivity contribution in [3.8, 4) is 11.5 Å². The third kappa shape index (κ3) is 6.31. The minimum absolute atomic E-state index is 0.433. The number of para-hydroxylation sites is 1. The number of hydrogen-bond acceptors (Lipinski definition) is 7. The maximum Gasteiger partial charge on any atom is 0.328 e. The SMILES string of the molecule is COC(=O)[C@H](CCSC)NC(=O)Nc1cnn(Cc2cccc(OC)c2OC)c1. The van der Waals surface area contributed by atoms with Crippen LogP contribution in [0.5, 0.6) is 11.5 Å². The lowest BCUT2D eigenvalue weighted by atomic mass is 10.2. The number of rotatable bonds is 10. The van der Waals surface area contributed by atoms with Crippen LogP contribution in [0, 0.1) is 0 Å². The van der Waals surface area contributed by atoms with Crippen LogP contribution in [0.4, 0.5) is 10.5 Å². The fourth-order valence-corrected chi connectivity index (χ4v) is 3.19. The Balaban J connectivity index is 2.01. The predicted octanol–water partition coefficient (Wildman–Crippen LogP) is 2.36. The summed E-state index contributed by atoms with van der Waals surface area (Å²) in [4.78, 5) is 24.1. The minimum Gasteiger partial charge on any atom is -0.493 e. The molecule has 9 nitrogen and oxygen atoms in total. The van der Waals surface area contributed by atoms with Crippen molar-refractivity contribution < 1.29 is 23.8 Å². The zero-order valence-corrected chi connectivity index (χ0v) is 17.7. The molecule has 0 unspecified atom stereocenters. The lowest BCUT2D eigenvalue weighted by molar-refractivity contribution is -0.142. The van der Waals surface area contributed by atoms with Crippen LogP contribution in [0.3, 0.4) is 0 Å². The molecular formula is C19H26N4O5S. The number of aromatic nitrogens is 2. The fraction of sp³-hybridized carbons (Fsp3) is 0.421. The summed E-state index contributed by atoms with van der Waals surface area (Å²) in [5.74, 6) is 1.51. The van der Waals surface area contributed by atoms with Crippen molar-refractivity contribution in [1.29, 1.82) is 0 Å². The van der Waals surface area contributed by atoms with Gasteiger partial charge in [0.25, 0.3) is 0 Å². The van der Waals surface area contributed by atoms with E-state index in [0.29, 0.717) is 30.2 Å². The van der Waals surface area contributed by atoms with Gasteiger partial charge in [-0.15, -0.1) is 0 Å². The van der Waals surface area contributed by atoms with Gasteiger partial charge in [-0.25, -0.2) is 9.59 Å². The summed E-state index contributed by atoms with van der Waals surface area (Å²) in [5.41, 5.74) is 1.38. The van der Waals surface area contributed by atoms with Crippen LogP contribution >= 0.6 is 11.8 Å². The van der Waals surface area contributed by atoms with Crippen LogP contribution in [-0.2, 0) is 16.1 Å². The van der Waals surface area contributed by atoms with Crippen LogP contribution in [0.25, 0.3) is 0 Å². The number of anilines is 1. The van der Waals surface area contributed by atoms with Crippen molar-refractivity contribution >= 4 is 29.4 Å². The first kappa shape index (κ1) is 22.4. The highest BCUT2D eigenvalue weighted by molar-refractivity contribution is 7.98. The molecular weight excluding hydrogens is 396 g/mol. The molecule has 0 aliphatic heterocycles. The number of nitrogens with zero attached hydrogens (tertiary/aromatic N) is 2. The third-order valence-electron chi connectivity index (χ3n) is 4.11. The zero-order chi connectivity index (χ0) is 21.2. The van der Waals surface area contributed by atoms with Crippen molar-refractivity contribution in [3.05, 3.63) is 36.2 Å². The highest BCUT2D eigenvalue weighted by Crippen LogP contribution is 2.31. The summed E-state index contributed by atoms with van der Waals surface area (Å²) < 4.78 is 17.1. The molecule has 158 valence electrons. The van der Waals surface area contributed by atoms with Crippen LogP contribution in [-0.4, -0.2) is 61.2 Å². The van der Waals surface area contributed by atoms with E-state index in [1.54, 1.807) is 36.9 Å². The van der Waals surface area contributed by atoms with E-state index in [0.717, 1.165) is 11.3 Å². The second kappa shape index (κ2) is 11.2. The van der Waals surface area contributed by atoms with Crippen LogP contribution in [0.1, 0.15) is 12.0 Å². The van der Waals surface area contributed by atoms with Crippen LogP contribution < -0.4 is 20.1 Å². The summed E-state index contributed by atoms with van der Waals surface area (Å²) in [5, 5.41) is 9.57. The molecule has 1 atom stereocenters. The van der Waals surface area contributed by atoms with Gasteiger partial charge in [-0.05, 0) is 24.5 Å². The predicted molar refractivity (Wildman–Crippen MR) is 112 cm³/mol. The molecule has 0 radical (unpaired) electrons. The van der Waals surface area contributed by atoms with Gasteiger partial charge in [-0.3, -0.25) is 4.68 Å². The first-order valence-corrected chi connectivity index (χ1v) is 10.3. The van der Waals surface area contributed by atoms with Crippen LogP contribution in [0.15, 0.2) is 30.6 Å². The molecule has 29 heavy (non-hydrogen) atoms. The Labute approximate surface area is 174 Å². The van der Waals surface area contributed by atoms with E-state index in [1.807, 2.05) is 24.5 Å². The second-order valence-corrected chi connectivity index (χ2v) is 7.02. The monoisotopic (exact) mass is 422 g/mol. The Morgan fingerprint density at radius 3 is 2.69 bits per heavy atom. The maximum atomic E-state index is 12.2. The number of nitrogens with one attached hydrogen (secondary N) is 2. The van der Waals surface area contributed by atoms with E-state index in [4.69, 9.17) is 14.2 Å². The molecule has 2 amide bonds. The van der Waals surface area contributed by atoms with Crippen molar-refractivity contribution in [2.24, 2.45) is 0 Å². The van der Waals surface area contributed by atoms with Gasteiger partial charge < -0.3 is 24.8 Å². The molecule has 10 heteroatoms. The van der Waals surface area contributed by atoms with Crippen molar-refractivity contribution in [2.75, 3.05) is 38.7 Å². The summed E-state index contributed by atoms with van der Waals surface area (Å²) in [6.07, 6.45) is 5.63. The number of carbonyl (C=O) groups is 2. The number of hydrogen-bond donors (Lipinski definition) is 2. The van der Waals surface area contributed by atoms with Crippen molar-refractivity contribution in [1.82, 2.24) is 15.1 Å². The van der Waals surface area contributed by atoms with Gasteiger partial charge in [0.15, 0.2) is 11.5 Å². The quantitative estimate of drug-likeness (QED) is 0.567. The first-order chi connectivity index (χ1) is 14.0. The zero-order valence-electron chi connectivity index (χ0n) is 16.9. The highest BCUT2D eigenvalue weighted by Gasteiger charge is 2.21. The normalized spacial score (nSPS) is 11.4. The van der Waals surface area contributed by atoms with Gasteiger partial charge >= 0.3 is 12.0 Å². The molecule has 2 rings (SSSR count). The molecule has 1 heterocycles. The summed E-state index contributed by atoms with van der Waals surface area (Å²) >= 11 is 1.59. The average Bonchev–Trinajstić information content (AvgIpc) is 3.16. The lowest BCUT2D eigenvalue weighted by Crippen LogP contribution is -2.43. The second-order valence-electron chi connectivity index (χ2n) is 6.03. The fourth-order valence-electron chi connectivity index (χ4n) is 2.72. The minimum atomic E-state index is -0.705. The smallest absolute Gasteiger partial charge is 0.328 e. The van der Waals surface area contributed by atoms with E-state index in [-0.39, 0.29) is 0 Å². The van der Waals surface area contributed by atoms with Crippen LogP contribution in [0.2, 0.25) is 0 Å². The maximum absolute atomic E-state index is 12.2. The lowest BCUT2D eigenvalue weighted by Gasteiger charge is -2.16. The summed E-state index contributed by atoms with van der Waals surface area (Å²) in [6.45, 7) is 0.433. The third-order valence-corrected chi connectivity index (χ3v) is 4.75. The first-order valence-electron chi connectivity index (χ1n) is 8.89. The molecule has 0 fully saturated rings. The van der Waals surface area contributed by atoms with Gasteiger partial charge in [0.05, 0.1) is 39.8 Å². The highest BCUT2D eigenvalue weighted by atomic mass is 32.2. The number of amides is 2. The standard InChI is InChI=1S/C19H26N4O5S/c1-26-16-7-5-6-13(17(16)27-2)11-23-12-14(10-20-23)21-19(25)22-15(8-9-29-4)18(24)28-3/h5-7,10,12,15H,8-9,11H2,1-4H3,(H2,21,22,25)/t15-/m0/s1. The van der Waals surface area contributed by atoms with Gasteiger partial charge in [0, 0.05) is 11.8 Å². The molecule has 0 saturated carbocycles. The van der Waals surface area contributed by atoms with Crippen molar-refractivity contribution in [2.45, 2.75) is 19.0 Å². The number of esters is 1. The molecule has 0 spiro atoms. The topological polar surface area (TPSA) is 104 Å². The van der Waals surface area contributed by atoms with E-state index in [1.165, 1.54) is 13.3 Å². The number of urea groups is 1. The number of methoxy groups -OCH3 is 3. The molecule has 0 aliphatic rings. The molecule has 2 aromatic rings. The van der Waals surface area contributed by atoms with Gasteiger partial charge in [0.2, 0.25) is 0 Å². The molecule has 0 bridgehead atoms. The van der Waals surface area contributed by atoms with Gasteiger partial charge in [-0.1, -0.05) is 12.1 Å². The number of carbonyl (C=O) groups excluding carboxylic acids is 2. The molecule has 0 saturated heterocycles. The molecule has 1 aromatic carbocycles. The molecule has 2 N–H and O–H groups in total. The van der Waals surface area contributed by atoms with Crippen molar-refractivity contribution in [3.63, 3.8) is 0 Å². The number of thioether (sulfide) groups is 1. The van der Waals surface area contributed by atoms with Gasteiger partial charge in [-0.2, -0.15) is 16.9 Å².